The molecule has 0 bridgehead atoms. The van der Waals surface area contributed by atoms with Crippen LogP contribution in [0.25, 0.3) is 0 Å². The Morgan fingerprint density at radius 1 is 1.05 bits per heavy atom. The number of amides is 2. The second-order valence-corrected chi connectivity index (χ2v) is 5.18. The summed E-state index contributed by atoms with van der Waals surface area (Å²) < 4.78 is 13.4. The van der Waals surface area contributed by atoms with E-state index in [0.29, 0.717) is 4.88 Å². The molecule has 0 aliphatic heterocycles. The van der Waals surface area contributed by atoms with E-state index in [1.807, 2.05) is 0 Å². The molecular weight excluding hydrogens is 313 g/mol. The van der Waals surface area contributed by atoms with Gasteiger partial charge in [0.1, 0.15) is 5.82 Å². The third-order valence-corrected chi connectivity index (χ3v) is 3.45. The summed E-state index contributed by atoms with van der Waals surface area (Å²) in [7, 11) is 0. The molecule has 1 aromatic heterocycles. The van der Waals surface area contributed by atoms with Crippen molar-refractivity contribution in [1.29, 1.82) is 0 Å². The summed E-state index contributed by atoms with van der Waals surface area (Å²) in [6.07, 6.45) is 0. The zero-order valence-electron chi connectivity index (χ0n) is 10.6. The molecule has 108 valence electrons. The number of hydrogen-bond donors (Lipinski definition) is 3. The molecule has 2 aromatic rings. The van der Waals surface area contributed by atoms with Gasteiger partial charge >= 0.3 is 0 Å². The van der Waals surface area contributed by atoms with E-state index in [1.165, 1.54) is 35.6 Å². The highest BCUT2D eigenvalue weighted by Crippen LogP contribution is 2.07. The Morgan fingerprint density at radius 3 is 2.48 bits per heavy atom. The average Bonchev–Trinajstić information content (AvgIpc) is 2.99. The van der Waals surface area contributed by atoms with Crippen LogP contribution in [-0.4, -0.2) is 16.9 Å². The Labute approximate surface area is 129 Å². The highest BCUT2D eigenvalue weighted by atomic mass is 32.1. The molecule has 5 nitrogen and oxygen atoms in total. The Balaban J connectivity index is 1.86. The molecule has 0 atom stereocenters. The number of carbonyl (C=O) groups excluding carboxylic acids is 2. The molecule has 3 N–H and O–H groups in total. The van der Waals surface area contributed by atoms with Gasteiger partial charge in [0.15, 0.2) is 5.11 Å². The second kappa shape index (κ2) is 6.91. The van der Waals surface area contributed by atoms with Crippen LogP contribution in [0.3, 0.4) is 0 Å². The Kier molecular flexibility index (Phi) is 4.96. The summed E-state index contributed by atoms with van der Waals surface area (Å²) in [5.41, 5.74) is 4.57. The van der Waals surface area contributed by atoms with Crippen LogP contribution < -0.4 is 16.2 Å². The van der Waals surface area contributed by atoms with Crippen molar-refractivity contribution in [2.24, 2.45) is 0 Å². The SMILES string of the molecule is O=C(NNC(=S)NC(=O)c1ccccc1F)c1cccs1. The molecule has 0 saturated heterocycles. The number of thiocarbonyl (C=S) groups is 1. The third kappa shape index (κ3) is 4.07. The topological polar surface area (TPSA) is 70.2 Å². The minimum Gasteiger partial charge on any atom is -0.298 e. The quantitative estimate of drug-likeness (QED) is 0.583. The molecule has 1 aromatic carbocycles. The first kappa shape index (κ1) is 15.1. The standard InChI is InChI=1S/C13H10FN3O2S2/c14-9-5-2-1-4-8(9)11(18)15-13(20)17-16-12(19)10-6-3-7-21-10/h1-7H,(H,16,19)(H2,15,17,18,20). The van der Waals surface area contributed by atoms with Gasteiger partial charge in [-0.1, -0.05) is 18.2 Å². The lowest BCUT2D eigenvalue weighted by Crippen LogP contribution is -2.48. The van der Waals surface area contributed by atoms with Gasteiger partial charge in [-0.05, 0) is 35.8 Å². The van der Waals surface area contributed by atoms with Gasteiger partial charge in [0.25, 0.3) is 11.8 Å². The molecule has 0 fully saturated rings. The van der Waals surface area contributed by atoms with Gasteiger partial charge in [0.2, 0.25) is 0 Å². The van der Waals surface area contributed by atoms with Crippen LogP contribution in [0.2, 0.25) is 0 Å². The summed E-state index contributed by atoms with van der Waals surface area (Å²) in [6, 6.07) is 8.89. The number of hydrogen-bond acceptors (Lipinski definition) is 4. The summed E-state index contributed by atoms with van der Waals surface area (Å²) >= 11 is 6.11. The predicted molar refractivity (Wildman–Crippen MR) is 81.4 cm³/mol. The first-order chi connectivity index (χ1) is 10.1. The van der Waals surface area contributed by atoms with Crippen LogP contribution in [0.15, 0.2) is 41.8 Å². The maximum Gasteiger partial charge on any atom is 0.279 e. The largest absolute Gasteiger partial charge is 0.298 e. The van der Waals surface area contributed by atoms with E-state index in [0.717, 1.165) is 0 Å². The van der Waals surface area contributed by atoms with Crippen molar-refractivity contribution in [3.63, 3.8) is 0 Å². The van der Waals surface area contributed by atoms with Crippen molar-refractivity contribution in [1.82, 2.24) is 16.2 Å². The molecule has 0 unspecified atom stereocenters. The van der Waals surface area contributed by atoms with E-state index in [2.05, 4.69) is 16.2 Å². The van der Waals surface area contributed by atoms with Gasteiger partial charge < -0.3 is 0 Å². The second-order valence-electron chi connectivity index (χ2n) is 3.82. The van der Waals surface area contributed by atoms with Gasteiger partial charge in [-0.2, -0.15) is 0 Å². The highest BCUT2D eigenvalue weighted by Gasteiger charge is 2.12. The summed E-state index contributed by atoms with van der Waals surface area (Å²) in [5.74, 6) is -1.73. The zero-order valence-corrected chi connectivity index (χ0v) is 12.2. The van der Waals surface area contributed by atoms with E-state index in [4.69, 9.17) is 12.2 Å². The van der Waals surface area contributed by atoms with Gasteiger partial charge in [-0.15, -0.1) is 11.3 Å². The summed E-state index contributed by atoms with van der Waals surface area (Å²) in [6.45, 7) is 0. The molecule has 21 heavy (non-hydrogen) atoms. The van der Waals surface area contributed by atoms with Crippen LogP contribution in [0.5, 0.6) is 0 Å². The number of benzene rings is 1. The van der Waals surface area contributed by atoms with Crippen LogP contribution in [0.4, 0.5) is 4.39 Å². The lowest BCUT2D eigenvalue weighted by Gasteiger charge is -2.10. The molecule has 0 saturated carbocycles. The number of halogens is 1. The van der Waals surface area contributed by atoms with Crippen molar-refractivity contribution >= 4 is 40.5 Å². The van der Waals surface area contributed by atoms with Crippen molar-refractivity contribution in [3.05, 3.63) is 58.0 Å². The number of hydrazine groups is 1. The molecular formula is C13H10FN3O2S2. The fraction of sp³-hybridized carbons (Fsp3) is 0. The van der Waals surface area contributed by atoms with Crippen molar-refractivity contribution < 1.29 is 14.0 Å². The molecule has 0 radical (unpaired) electrons. The number of rotatable bonds is 2. The summed E-state index contributed by atoms with van der Waals surface area (Å²) in [4.78, 5) is 23.9. The van der Waals surface area contributed by atoms with Crippen LogP contribution in [0.1, 0.15) is 20.0 Å². The van der Waals surface area contributed by atoms with Crippen LogP contribution in [-0.2, 0) is 0 Å². The molecule has 2 amide bonds. The molecule has 2 rings (SSSR count). The average molecular weight is 323 g/mol. The highest BCUT2D eigenvalue weighted by molar-refractivity contribution is 7.80. The molecule has 0 aliphatic rings. The Hall–Kier alpha value is -2.32. The normalized spacial score (nSPS) is 9.76. The van der Waals surface area contributed by atoms with Gasteiger partial charge in [0, 0.05) is 0 Å². The van der Waals surface area contributed by atoms with Crippen molar-refractivity contribution in [3.8, 4) is 0 Å². The lowest BCUT2D eigenvalue weighted by molar-refractivity contribution is 0.0937. The van der Waals surface area contributed by atoms with E-state index >= 15 is 0 Å². The monoisotopic (exact) mass is 323 g/mol. The van der Waals surface area contributed by atoms with Crippen molar-refractivity contribution in [2.75, 3.05) is 0 Å². The van der Waals surface area contributed by atoms with Gasteiger partial charge in [0.05, 0.1) is 10.4 Å². The van der Waals surface area contributed by atoms with E-state index in [1.54, 1.807) is 17.5 Å². The Bertz CT molecular complexity index is 674. The maximum absolute atomic E-state index is 13.4. The van der Waals surface area contributed by atoms with E-state index < -0.39 is 11.7 Å². The van der Waals surface area contributed by atoms with E-state index in [-0.39, 0.29) is 16.6 Å². The zero-order chi connectivity index (χ0) is 15.2. The smallest absolute Gasteiger partial charge is 0.279 e. The molecule has 0 aliphatic carbocycles. The number of carbonyl (C=O) groups is 2. The summed E-state index contributed by atoms with van der Waals surface area (Å²) in [5, 5.41) is 3.89. The van der Waals surface area contributed by atoms with Crippen LogP contribution in [0, 0.1) is 5.82 Å². The minimum atomic E-state index is -0.698. The maximum atomic E-state index is 13.4. The van der Waals surface area contributed by atoms with E-state index in [9.17, 15) is 14.0 Å². The number of nitrogens with one attached hydrogen (secondary N) is 3. The van der Waals surface area contributed by atoms with Gasteiger partial charge in [-0.3, -0.25) is 25.8 Å². The fourth-order valence-electron chi connectivity index (χ4n) is 1.43. The molecule has 8 heteroatoms. The van der Waals surface area contributed by atoms with Gasteiger partial charge in [-0.25, -0.2) is 4.39 Å². The third-order valence-electron chi connectivity index (χ3n) is 2.38. The molecule has 1 heterocycles. The fourth-order valence-corrected chi connectivity index (χ4v) is 2.19. The molecule has 0 spiro atoms. The lowest BCUT2D eigenvalue weighted by atomic mass is 10.2. The first-order valence-corrected chi connectivity index (χ1v) is 7.06. The Morgan fingerprint density at radius 2 is 1.81 bits per heavy atom. The van der Waals surface area contributed by atoms with Crippen LogP contribution >= 0.6 is 23.6 Å². The van der Waals surface area contributed by atoms with Crippen molar-refractivity contribution in [2.45, 2.75) is 0 Å². The minimum absolute atomic E-state index is 0.131. The number of thiophene rings is 1. The first-order valence-electron chi connectivity index (χ1n) is 5.77. The predicted octanol–water partition coefficient (Wildman–Crippen LogP) is 1.84.